The Hall–Kier alpha value is -1.51. The second-order valence-electron chi connectivity index (χ2n) is 5.12. The summed E-state index contributed by atoms with van der Waals surface area (Å²) in [6.07, 6.45) is 0.835. The van der Waals surface area contributed by atoms with Gasteiger partial charge >= 0.3 is 5.97 Å². The number of anilines is 1. The van der Waals surface area contributed by atoms with Crippen LogP contribution in [-0.4, -0.2) is 24.2 Å². The van der Waals surface area contributed by atoms with Crippen LogP contribution in [0.25, 0.3) is 0 Å². The molecule has 2 unspecified atom stereocenters. The number of likely N-dealkylation sites (N-methyl/N-ethyl adjacent to an activating group) is 1. The minimum Gasteiger partial charge on any atom is -0.481 e. The summed E-state index contributed by atoms with van der Waals surface area (Å²) in [5, 5.41) is 9.37. The third-order valence-electron chi connectivity index (χ3n) is 3.72. The first-order valence-corrected chi connectivity index (χ1v) is 6.06. The molecule has 0 bridgehead atoms. The SMILES string of the molecule is CC(C)C(C(=O)O)C1Cc2ccccc2N1C. The van der Waals surface area contributed by atoms with Gasteiger partial charge in [0.1, 0.15) is 0 Å². The summed E-state index contributed by atoms with van der Waals surface area (Å²) < 4.78 is 0. The molecule has 0 aliphatic carbocycles. The number of aliphatic carboxylic acids is 1. The molecule has 17 heavy (non-hydrogen) atoms. The van der Waals surface area contributed by atoms with E-state index in [4.69, 9.17) is 0 Å². The van der Waals surface area contributed by atoms with Crippen LogP contribution in [0.15, 0.2) is 24.3 Å². The van der Waals surface area contributed by atoms with Crippen LogP contribution in [0.3, 0.4) is 0 Å². The van der Waals surface area contributed by atoms with Crippen LogP contribution in [-0.2, 0) is 11.2 Å². The van der Waals surface area contributed by atoms with E-state index in [0.29, 0.717) is 0 Å². The zero-order chi connectivity index (χ0) is 12.6. The number of carboxylic acid groups (broad SMARTS) is 1. The second-order valence-corrected chi connectivity index (χ2v) is 5.12. The van der Waals surface area contributed by atoms with E-state index in [9.17, 15) is 9.90 Å². The molecule has 2 rings (SSSR count). The van der Waals surface area contributed by atoms with Gasteiger partial charge in [-0.1, -0.05) is 32.0 Å². The molecule has 1 aliphatic heterocycles. The number of carboxylic acids is 1. The Balaban J connectivity index is 2.29. The molecule has 0 saturated heterocycles. The van der Waals surface area contributed by atoms with Crippen molar-refractivity contribution < 1.29 is 9.90 Å². The summed E-state index contributed by atoms with van der Waals surface area (Å²) in [6.45, 7) is 3.96. The number of nitrogens with zero attached hydrogens (tertiary/aromatic N) is 1. The smallest absolute Gasteiger partial charge is 0.308 e. The van der Waals surface area contributed by atoms with E-state index in [1.165, 1.54) is 11.3 Å². The summed E-state index contributed by atoms with van der Waals surface area (Å²) in [5.41, 5.74) is 2.43. The molecule has 0 saturated carbocycles. The van der Waals surface area contributed by atoms with Gasteiger partial charge in [0.2, 0.25) is 0 Å². The maximum absolute atomic E-state index is 11.4. The Morgan fingerprint density at radius 2 is 2.06 bits per heavy atom. The highest BCUT2D eigenvalue weighted by Crippen LogP contribution is 2.35. The van der Waals surface area contributed by atoms with E-state index in [-0.39, 0.29) is 17.9 Å². The molecule has 0 fully saturated rings. The van der Waals surface area contributed by atoms with E-state index >= 15 is 0 Å². The van der Waals surface area contributed by atoms with Crippen LogP contribution in [0.4, 0.5) is 5.69 Å². The number of hydrogen-bond acceptors (Lipinski definition) is 2. The van der Waals surface area contributed by atoms with Crippen LogP contribution in [0.2, 0.25) is 0 Å². The predicted octanol–water partition coefficient (Wildman–Crippen LogP) is 2.40. The van der Waals surface area contributed by atoms with Crippen molar-refractivity contribution in [2.45, 2.75) is 26.3 Å². The molecule has 1 heterocycles. The number of fused-ring (bicyclic) bond motifs is 1. The first-order chi connectivity index (χ1) is 8.02. The van der Waals surface area contributed by atoms with Crippen molar-refractivity contribution >= 4 is 11.7 Å². The Kier molecular flexibility index (Phi) is 3.09. The van der Waals surface area contributed by atoms with Gasteiger partial charge in [-0.15, -0.1) is 0 Å². The van der Waals surface area contributed by atoms with Crippen LogP contribution in [0.5, 0.6) is 0 Å². The maximum Gasteiger partial charge on any atom is 0.308 e. The summed E-state index contributed by atoms with van der Waals surface area (Å²) in [6, 6.07) is 8.24. The monoisotopic (exact) mass is 233 g/mol. The Morgan fingerprint density at radius 3 is 2.59 bits per heavy atom. The lowest BCUT2D eigenvalue weighted by Gasteiger charge is -2.30. The maximum atomic E-state index is 11.4. The van der Waals surface area contributed by atoms with E-state index in [2.05, 4.69) is 17.0 Å². The number of rotatable bonds is 3. The molecule has 0 amide bonds. The number of benzene rings is 1. The third-order valence-corrected chi connectivity index (χ3v) is 3.72. The van der Waals surface area contributed by atoms with Gasteiger partial charge < -0.3 is 10.0 Å². The normalized spacial score (nSPS) is 20.5. The Labute approximate surface area is 102 Å². The first kappa shape index (κ1) is 12.0. The van der Waals surface area contributed by atoms with Gasteiger partial charge in [-0.05, 0) is 24.0 Å². The van der Waals surface area contributed by atoms with Crippen molar-refractivity contribution in [3.63, 3.8) is 0 Å². The van der Waals surface area contributed by atoms with Crippen LogP contribution in [0.1, 0.15) is 19.4 Å². The van der Waals surface area contributed by atoms with Crippen molar-refractivity contribution in [2.24, 2.45) is 11.8 Å². The number of para-hydroxylation sites is 1. The predicted molar refractivity (Wildman–Crippen MR) is 68.3 cm³/mol. The van der Waals surface area contributed by atoms with Crippen molar-refractivity contribution in [1.82, 2.24) is 0 Å². The highest BCUT2D eigenvalue weighted by molar-refractivity contribution is 5.73. The molecular weight excluding hydrogens is 214 g/mol. The summed E-state index contributed by atoms with van der Waals surface area (Å²) in [5.74, 6) is -0.855. The topological polar surface area (TPSA) is 40.5 Å². The fourth-order valence-electron chi connectivity index (χ4n) is 2.83. The Bertz CT molecular complexity index is 428. The van der Waals surface area contributed by atoms with E-state index in [1.54, 1.807) is 0 Å². The summed E-state index contributed by atoms with van der Waals surface area (Å²) in [4.78, 5) is 13.5. The molecular formula is C14H19NO2. The quantitative estimate of drug-likeness (QED) is 0.871. The highest BCUT2D eigenvalue weighted by Gasteiger charge is 2.38. The molecule has 2 atom stereocenters. The second kappa shape index (κ2) is 4.40. The lowest BCUT2D eigenvalue weighted by atomic mass is 9.86. The molecule has 1 aromatic rings. The molecule has 3 nitrogen and oxygen atoms in total. The average molecular weight is 233 g/mol. The van der Waals surface area contributed by atoms with E-state index in [0.717, 1.165) is 6.42 Å². The third kappa shape index (κ3) is 2.02. The van der Waals surface area contributed by atoms with E-state index in [1.807, 2.05) is 33.0 Å². The standard InChI is InChI=1S/C14H19NO2/c1-9(2)13(14(16)17)12-8-10-6-4-5-7-11(10)15(12)3/h4-7,9,12-13H,8H2,1-3H3,(H,16,17). The van der Waals surface area contributed by atoms with Crippen LogP contribution < -0.4 is 4.90 Å². The Morgan fingerprint density at radius 1 is 1.41 bits per heavy atom. The zero-order valence-electron chi connectivity index (χ0n) is 10.6. The number of hydrogen-bond donors (Lipinski definition) is 1. The fourth-order valence-corrected chi connectivity index (χ4v) is 2.83. The summed E-state index contributed by atoms with van der Waals surface area (Å²) >= 11 is 0. The number of carbonyl (C=O) groups is 1. The van der Waals surface area contributed by atoms with Gasteiger partial charge in [-0.2, -0.15) is 0 Å². The fraction of sp³-hybridized carbons (Fsp3) is 0.500. The van der Waals surface area contributed by atoms with Gasteiger partial charge in [-0.3, -0.25) is 4.79 Å². The van der Waals surface area contributed by atoms with Crippen molar-refractivity contribution in [1.29, 1.82) is 0 Å². The van der Waals surface area contributed by atoms with Gasteiger partial charge in [-0.25, -0.2) is 0 Å². The van der Waals surface area contributed by atoms with Crippen LogP contribution >= 0.6 is 0 Å². The molecule has 0 aromatic heterocycles. The molecule has 3 heteroatoms. The molecule has 1 aromatic carbocycles. The molecule has 1 N–H and O–H groups in total. The first-order valence-electron chi connectivity index (χ1n) is 6.06. The molecule has 0 radical (unpaired) electrons. The average Bonchev–Trinajstić information content (AvgIpc) is 2.56. The lowest BCUT2D eigenvalue weighted by Crippen LogP contribution is -2.42. The van der Waals surface area contributed by atoms with E-state index < -0.39 is 5.97 Å². The lowest BCUT2D eigenvalue weighted by molar-refractivity contribution is -0.144. The van der Waals surface area contributed by atoms with Crippen LogP contribution in [0, 0.1) is 11.8 Å². The van der Waals surface area contributed by atoms with Gasteiger partial charge in [0.15, 0.2) is 0 Å². The van der Waals surface area contributed by atoms with Crippen molar-refractivity contribution in [3.8, 4) is 0 Å². The highest BCUT2D eigenvalue weighted by atomic mass is 16.4. The summed E-state index contributed by atoms with van der Waals surface area (Å²) in [7, 11) is 1.99. The van der Waals surface area contributed by atoms with Gasteiger partial charge in [0, 0.05) is 18.8 Å². The molecule has 0 spiro atoms. The van der Waals surface area contributed by atoms with Crippen molar-refractivity contribution in [3.05, 3.63) is 29.8 Å². The minimum absolute atomic E-state index is 0.0740. The van der Waals surface area contributed by atoms with Gasteiger partial charge in [0.05, 0.1) is 5.92 Å². The molecule has 92 valence electrons. The zero-order valence-corrected chi connectivity index (χ0v) is 10.6. The van der Waals surface area contributed by atoms with Crippen molar-refractivity contribution in [2.75, 3.05) is 11.9 Å². The molecule has 1 aliphatic rings. The largest absolute Gasteiger partial charge is 0.481 e. The van der Waals surface area contributed by atoms with Gasteiger partial charge in [0.25, 0.3) is 0 Å². The minimum atomic E-state index is -0.690.